The minimum absolute atomic E-state index is 0.0747. The molecule has 21 heavy (non-hydrogen) atoms. The van der Waals surface area contributed by atoms with E-state index in [0.29, 0.717) is 6.04 Å². The Kier molecular flexibility index (Phi) is 2.81. The molecule has 3 fully saturated rings. The summed E-state index contributed by atoms with van der Waals surface area (Å²) in [6.07, 6.45) is 6.29. The van der Waals surface area contributed by atoms with Crippen molar-refractivity contribution < 1.29 is 4.74 Å². The Bertz CT molecular complexity index is 661. The van der Waals surface area contributed by atoms with Crippen LogP contribution >= 0.6 is 11.3 Å². The molecule has 7 heteroatoms. The van der Waals surface area contributed by atoms with E-state index >= 15 is 0 Å². The third kappa shape index (κ3) is 1.87. The maximum absolute atomic E-state index is 5.74. The second-order valence-corrected chi connectivity index (χ2v) is 7.42. The number of nitrogens with one attached hydrogen (secondary N) is 1. The van der Waals surface area contributed by atoms with Crippen LogP contribution in [0.4, 0.5) is 0 Å². The first-order chi connectivity index (χ1) is 10.4. The average Bonchev–Trinajstić information content (AvgIpc) is 3.24. The highest BCUT2D eigenvalue weighted by molar-refractivity contribution is 7.16. The summed E-state index contributed by atoms with van der Waals surface area (Å²) in [7, 11) is 0. The largest absolute Gasteiger partial charge is 0.370 e. The minimum Gasteiger partial charge on any atom is -0.370 e. The van der Waals surface area contributed by atoms with Gasteiger partial charge in [0.15, 0.2) is 5.82 Å². The molecule has 0 radical (unpaired) electrons. The van der Waals surface area contributed by atoms with Crippen LogP contribution in [0.5, 0.6) is 0 Å². The Balaban J connectivity index is 1.50. The molecule has 0 spiro atoms. The van der Waals surface area contributed by atoms with E-state index in [9.17, 15) is 0 Å². The minimum atomic E-state index is 0.0747. The van der Waals surface area contributed by atoms with Crippen molar-refractivity contribution in [3.8, 4) is 0 Å². The first kappa shape index (κ1) is 12.5. The van der Waals surface area contributed by atoms with Gasteiger partial charge in [-0.15, -0.1) is 10.2 Å². The van der Waals surface area contributed by atoms with Crippen molar-refractivity contribution in [2.24, 2.45) is 11.8 Å². The molecule has 1 saturated carbocycles. The Morgan fingerprint density at radius 3 is 3.10 bits per heavy atom. The molecule has 112 valence electrons. The molecular formula is C14H19N5OS. The van der Waals surface area contributed by atoms with Gasteiger partial charge in [0, 0.05) is 6.61 Å². The molecule has 5 rings (SSSR count). The van der Waals surface area contributed by atoms with Crippen molar-refractivity contribution in [3.63, 3.8) is 0 Å². The summed E-state index contributed by atoms with van der Waals surface area (Å²) in [6.45, 7) is 1.97. The Morgan fingerprint density at radius 1 is 1.19 bits per heavy atom. The molecule has 4 unspecified atom stereocenters. The first-order valence-electron chi connectivity index (χ1n) is 7.97. The van der Waals surface area contributed by atoms with Gasteiger partial charge in [0.1, 0.15) is 11.1 Å². The van der Waals surface area contributed by atoms with Gasteiger partial charge in [-0.2, -0.15) is 9.61 Å². The lowest BCUT2D eigenvalue weighted by Crippen LogP contribution is -2.18. The van der Waals surface area contributed by atoms with Gasteiger partial charge in [-0.1, -0.05) is 17.8 Å². The van der Waals surface area contributed by atoms with E-state index < -0.39 is 0 Å². The maximum atomic E-state index is 5.74. The molecule has 3 aliphatic rings. The second-order valence-electron chi connectivity index (χ2n) is 6.44. The lowest BCUT2D eigenvalue weighted by Gasteiger charge is -2.14. The molecule has 0 bridgehead atoms. The average molecular weight is 305 g/mol. The standard InChI is InChI=1S/C14H19N5OS/c1-3-8-7-15-11(9(8)4-1)13-18-19-12(10-5-2-6-20-10)16-17-14(19)21-13/h8-11,15H,1-7H2. The zero-order valence-corrected chi connectivity index (χ0v) is 12.7. The Morgan fingerprint density at radius 2 is 2.19 bits per heavy atom. The summed E-state index contributed by atoms with van der Waals surface area (Å²) in [6, 6.07) is 0.418. The normalized spacial score (nSPS) is 35.8. The monoisotopic (exact) mass is 305 g/mol. The summed E-state index contributed by atoms with van der Waals surface area (Å²) in [4.78, 5) is 0.902. The summed E-state index contributed by atoms with van der Waals surface area (Å²) in [5.74, 6) is 2.49. The van der Waals surface area contributed by atoms with Crippen molar-refractivity contribution >= 4 is 16.3 Å². The van der Waals surface area contributed by atoms with Gasteiger partial charge in [-0.05, 0) is 44.1 Å². The molecule has 2 saturated heterocycles. The molecule has 0 amide bonds. The Hall–Kier alpha value is -1.05. The fourth-order valence-corrected chi connectivity index (χ4v) is 5.21. The summed E-state index contributed by atoms with van der Waals surface area (Å²) >= 11 is 1.68. The predicted octanol–water partition coefficient (Wildman–Crippen LogP) is 2.10. The fraction of sp³-hybridized carbons (Fsp3) is 0.786. The van der Waals surface area contributed by atoms with Gasteiger partial charge in [0.2, 0.25) is 4.96 Å². The van der Waals surface area contributed by atoms with Gasteiger partial charge in [0.05, 0.1) is 6.04 Å². The topological polar surface area (TPSA) is 64.3 Å². The molecule has 2 aliphatic heterocycles. The number of ether oxygens (including phenoxy) is 1. The molecule has 1 N–H and O–H groups in total. The second kappa shape index (κ2) is 4.72. The van der Waals surface area contributed by atoms with Crippen LogP contribution in [0.1, 0.15) is 55.1 Å². The number of fused-ring (bicyclic) bond motifs is 2. The van der Waals surface area contributed by atoms with Crippen molar-refractivity contribution in [3.05, 3.63) is 10.8 Å². The van der Waals surface area contributed by atoms with Gasteiger partial charge in [0.25, 0.3) is 0 Å². The number of hydrogen-bond donors (Lipinski definition) is 1. The van der Waals surface area contributed by atoms with E-state index in [1.165, 1.54) is 24.3 Å². The van der Waals surface area contributed by atoms with Gasteiger partial charge in [-0.25, -0.2) is 0 Å². The highest BCUT2D eigenvalue weighted by Crippen LogP contribution is 2.45. The van der Waals surface area contributed by atoms with Crippen LogP contribution in [0.2, 0.25) is 0 Å². The number of aromatic nitrogens is 4. The first-order valence-corrected chi connectivity index (χ1v) is 8.79. The van der Waals surface area contributed by atoms with E-state index in [1.54, 1.807) is 11.3 Å². The van der Waals surface area contributed by atoms with Crippen LogP contribution in [0, 0.1) is 11.8 Å². The van der Waals surface area contributed by atoms with Crippen LogP contribution in [0.15, 0.2) is 0 Å². The SMILES string of the molecule is C1COC(c2nnc3sc(C4NCC5CCCC54)nn23)C1. The van der Waals surface area contributed by atoms with Crippen molar-refractivity contribution in [1.82, 2.24) is 25.1 Å². The molecule has 0 aromatic carbocycles. The van der Waals surface area contributed by atoms with E-state index in [-0.39, 0.29) is 6.10 Å². The molecule has 2 aromatic heterocycles. The van der Waals surface area contributed by atoms with E-state index in [1.807, 2.05) is 4.52 Å². The summed E-state index contributed by atoms with van der Waals surface area (Å²) in [5, 5.41) is 18.3. The van der Waals surface area contributed by atoms with Gasteiger partial charge < -0.3 is 10.1 Å². The number of hydrogen-bond acceptors (Lipinski definition) is 6. The zero-order chi connectivity index (χ0) is 13.8. The quantitative estimate of drug-likeness (QED) is 0.920. The number of rotatable bonds is 2. The van der Waals surface area contributed by atoms with Crippen LogP contribution in [0.3, 0.4) is 0 Å². The molecule has 4 heterocycles. The molecule has 2 aromatic rings. The lowest BCUT2D eigenvalue weighted by molar-refractivity contribution is 0.103. The maximum Gasteiger partial charge on any atom is 0.234 e. The van der Waals surface area contributed by atoms with Crippen LogP contribution in [-0.4, -0.2) is 33.0 Å². The van der Waals surface area contributed by atoms with Crippen LogP contribution < -0.4 is 5.32 Å². The van der Waals surface area contributed by atoms with E-state index in [0.717, 1.165) is 48.6 Å². The predicted molar refractivity (Wildman–Crippen MR) is 78.2 cm³/mol. The molecule has 1 aliphatic carbocycles. The van der Waals surface area contributed by atoms with E-state index in [4.69, 9.17) is 9.84 Å². The number of nitrogens with zero attached hydrogens (tertiary/aromatic N) is 4. The summed E-state index contributed by atoms with van der Waals surface area (Å²) < 4.78 is 7.65. The molecular weight excluding hydrogens is 286 g/mol. The molecule has 4 atom stereocenters. The molecule has 6 nitrogen and oxygen atoms in total. The van der Waals surface area contributed by atoms with E-state index in [2.05, 4.69) is 15.5 Å². The summed E-state index contributed by atoms with van der Waals surface area (Å²) in [5.41, 5.74) is 0. The zero-order valence-electron chi connectivity index (χ0n) is 11.9. The van der Waals surface area contributed by atoms with Crippen molar-refractivity contribution in [2.75, 3.05) is 13.2 Å². The van der Waals surface area contributed by atoms with Crippen molar-refractivity contribution in [2.45, 2.75) is 44.2 Å². The smallest absolute Gasteiger partial charge is 0.234 e. The third-order valence-corrected chi connectivity index (χ3v) is 6.24. The third-order valence-electron chi connectivity index (χ3n) is 5.26. The van der Waals surface area contributed by atoms with Crippen LogP contribution in [-0.2, 0) is 4.74 Å². The highest BCUT2D eigenvalue weighted by atomic mass is 32.1. The van der Waals surface area contributed by atoms with Gasteiger partial charge >= 0.3 is 0 Å². The highest BCUT2D eigenvalue weighted by Gasteiger charge is 2.41. The van der Waals surface area contributed by atoms with Gasteiger partial charge in [-0.3, -0.25) is 0 Å². The fourth-order valence-electron chi connectivity index (χ4n) is 4.21. The van der Waals surface area contributed by atoms with Crippen LogP contribution in [0.25, 0.3) is 4.96 Å². The Labute approximate surface area is 126 Å². The van der Waals surface area contributed by atoms with Crippen molar-refractivity contribution in [1.29, 1.82) is 0 Å². The lowest BCUT2D eigenvalue weighted by atomic mass is 9.94.